The van der Waals surface area contributed by atoms with Crippen molar-refractivity contribution in [2.75, 3.05) is 6.54 Å². The Hall–Kier alpha value is -0.600. The van der Waals surface area contributed by atoms with Gasteiger partial charge in [-0.3, -0.25) is 4.90 Å². The molecule has 1 aromatic rings. The quantitative estimate of drug-likeness (QED) is 0.731. The lowest BCUT2D eigenvalue weighted by Crippen LogP contribution is -2.28. The standard InChI is InChI=1S/C13H17ClN2/c14-13-11(2-1-7-15-13)9-16(12-5-6-12)8-10-3-4-10/h1-2,7,10,12H,3-6,8-9H2. The van der Waals surface area contributed by atoms with Crippen LogP contribution in [0.2, 0.25) is 5.15 Å². The summed E-state index contributed by atoms with van der Waals surface area (Å²) < 4.78 is 0. The summed E-state index contributed by atoms with van der Waals surface area (Å²) in [5.41, 5.74) is 1.18. The van der Waals surface area contributed by atoms with Gasteiger partial charge in [0.25, 0.3) is 0 Å². The van der Waals surface area contributed by atoms with E-state index in [9.17, 15) is 0 Å². The van der Waals surface area contributed by atoms with Crippen molar-refractivity contribution in [1.29, 1.82) is 0 Å². The third-order valence-corrected chi connectivity index (χ3v) is 3.80. The van der Waals surface area contributed by atoms with Gasteiger partial charge in [0.05, 0.1) is 0 Å². The van der Waals surface area contributed by atoms with Crippen LogP contribution in [-0.4, -0.2) is 22.5 Å². The van der Waals surface area contributed by atoms with Crippen LogP contribution >= 0.6 is 11.6 Å². The first-order valence-electron chi connectivity index (χ1n) is 6.16. The van der Waals surface area contributed by atoms with Gasteiger partial charge in [-0.25, -0.2) is 4.98 Å². The molecule has 0 radical (unpaired) electrons. The molecular weight excluding hydrogens is 220 g/mol. The normalized spacial score (nSPS) is 20.4. The third-order valence-electron chi connectivity index (χ3n) is 3.46. The van der Waals surface area contributed by atoms with Crippen LogP contribution in [0.4, 0.5) is 0 Å². The summed E-state index contributed by atoms with van der Waals surface area (Å²) in [5, 5.41) is 0.670. The van der Waals surface area contributed by atoms with E-state index >= 15 is 0 Å². The van der Waals surface area contributed by atoms with Crippen molar-refractivity contribution in [1.82, 2.24) is 9.88 Å². The van der Waals surface area contributed by atoms with Gasteiger partial charge in [0.1, 0.15) is 5.15 Å². The van der Waals surface area contributed by atoms with Gasteiger partial charge in [-0.05, 0) is 37.7 Å². The van der Waals surface area contributed by atoms with Gasteiger partial charge in [0.15, 0.2) is 0 Å². The Morgan fingerprint density at radius 1 is 1.31 bits per heavy atom. The third kappa shape index (κ3) is 2.55. The lowest BCUT2D eigenvalue weighted by Gasteiger charge is -2.22. The predicted octanol–water partition coefficient (Wildman–Crippen LogP) is 3.11. The van der Waals surface area contributed by atoms with Gasteiger partial charge in [0.2, 0.25) is 0 Å². The van der Waals surface area contributed by atoms with Crippen molar-refractivity contribution in [2.24, 2.45) is 5.92 Å². The number of hydrogen-bond donors (Lipinski definition) is 0. The van der Waals surface area contributed by atoms with Gasteiger partial charge in [-0.1, -0.05) is 17.7 Å². The van der Waals surface area contributed by atoms with Gasteiger partial charge in [-0.2, -0.15) is 0 Å². The molecule has 2 fully saturated rings. The lowest BCUT2D eigenvalue weighted by molar-refractivity contribution is 0.244. The van der Waals surface area contributed by atoms with Crippen LogP contribution in [0.3, 0.4) is 0 Å². The van der Waals surface area contributed by atoms with E-state index in [2.05, 4.69) is 16.0 Å². The fraction of sp³-hybridized carbons (Fsp3) is 0.615. The van der Waals surface area contributed by atoms with E-state index in [0.29, 0.717) is 5.15 Å². The minimum absolute atomic E-state index is 0.670. The van der Waals surface area contributed by atoms with Crippen LogP contribution in [0.5, 0.6) is 0 Å². The van der Waals surface area contributed by atoms with E-state index in [0.717, 1.165) is 18.5 Å². The molecule has 2 aliphatic rings. The number of rotatable bonds is 5. The zero-order valence-electron chi connectivity index (χ0n) is 9.40. The van der Waals surface area contributed by atoms with E-state index in [1.807, 2.05) is 6.07 Å². The van der Waals surface area contributed by atoms with Crippen LogP contribution in [-0.2, 0) is 6.54 Å². The lowest BCUT2D eigenvalue weighted by atomic mass is 10.2. The summed E-state index contributed by atoms with van der Waals surface area (Å²) >= 11 is 6.11. The zero-order valence-corrected chi connectivity index (χ0v) is 10.2. The van der Waals surface area contributed by atoms with Crippen LogP contribution in [0, 0.1) is 5.92 Å². The first-order valence-corrected chi connectivity index (χ1v) is 6.54. The highest BCUT2D eigenvalue weighted by atomic mass is 35.5. The van der Waals surface area contributed by atoms with E-state index in [1.165, 1.54) is 37.8 Å². The highest BCUT2D eigenvalue weighted by molar-refractivity contribution is 6.30. The van der Waals surface area contributed by atoms with Crippen LogP contribution < -0.4 is 0 Å². The molecule has 1 heterocycles. The fourth-order valence-corrected chi connectivity index (χ4v) is 2.35. The fourth-order valence-electron chi connectivity index (χ4n) is 2.17. The molecule has 0 amide bonds. The van der Waals surface area contributed by atoms with E-state index in [4.69, 9.17) is 11.6 Å². The van der Waals surface area contributed by atoms with Crippen molar-refractivity contribution >= 4 is 11.6 Å². The Kier molecular flexibility index (Phi) is 2.86. The SMILES string of the molecule is Clc1ncccc1CN(CC1CC1)C1CC1. The maximum atomic E-state index is 6.11. The second kappa shape index (κ2) is 4.34. The molecule has 0 bridgehead atoms. The Morgan fingerprint density at radius 3 is 2.75 bits per heavy atom. The average Bonchev–Trinajstić information content (AvgIpc) is 3.15. The highest BCUT2D eigenvalue weighted by Crippen LogP contribution is 2.36. The molecule has 3 heteroatoms. The molecule has 1 aromatic heterocycles. The monoisotopic (exact) mass is 236 g/mol. The van der Waals surface area contributed by atoms with Gasteiger partial charge in [-0.15, -0.1) is 0 Å². The molecule has 2 aliphatic carbocycles. The number of nitrogens with zero attached hydrogens (tertiary/aromatic N) is 2. The molecule has 0 aliphatic heterocycles. The minimum Gasteiger partial charge on any atom is -0.296 e. The summed E-state index contributed by atoms with van der Waals surface area (Å²) in [4.78, 5) is 6.74. The summed E-state index contributed by atoms with van der Waals surface area (Å²) in [6, 6.07) is 4.89. The number of pyridine rings is 1. The summed E-state index contributed by atoms with van der Waals surface area (Å²) in [5.74, 6) is 0.955. The predicted molar refractivity (Wildman–Crippen MR) is 65.4 cm³/mol. The van der Waals surface area contributed by atoms with Gasteiger partial charge < -0.3 is 0 Å². The first-order chi connectivity index (χ1) is 7.83. The van der Waals surface area contributed by atoms with Crippen LogP contribution in [0.1, 0.15) is 31.2 Å². The molecule has 16 heavy (non-hydrogen) atoms. The van der Waals surface area contributed by atoms with E-state index in [1.54, 1.807) is 6.20 Å². The molecule has 2 saturated carbocycles. The first kappa shape index (κ1) is 10.5. The van der Waals surface area contributed by atoms with Gasteiger partial charge >= 0.3 is 0 Å². The van der Waals surface area contributed by atoms with Crippen LogP contribution in [0.15, 0.2) is 18.3 Å². The maximum absolute atomic E-state index is 6.11. The second-order valence-electron chi connectivity index (χ2n) is 5.06. The van der Waals surface area contributed by atoms with Gasteiger partial charge in [0, 0.05) is 30.9 Å². The van der Waals surface area contributed by atoms with Crippen molar-refractivity contribution in [3.63, 3.8) is 0 Å². The molecule has 0 spiro atoms. The largest absolute Gasteiger partial charge is 0.296 e. The Labute approximate surface area is 102 Å². The number of halogens is 1. The van der Waals surface area contributed by atoms with Crippen LogP contribution in [0.25, 0.3) is 0 Å². The van der Waals surface area contributed by atoms with Crippen molar-refractivity contribution in [3.8, 4) is 0 Å². The molecule has 0 aromatic carbocycles. The molecule has 86 valence electrons. The molecular formula is C13H17ClN2. The van der Waals surface area contributed by atoms with Crippen molar-refractivity contribution < 1.29 is 0 Å². The van der Waals surface area contributed by atoms with E-state index in [-0.39, 0.29) is 0 Å². The number of aromatic nitrogens is 1. The summed E-state index contributed by atoms with van der Waals surface area (Å²) in [6.45, 7) is 2.24. The Morgan fingerprint density at radius 2 is 2.12 bits per heavy atom. The molecule has 2 nitrogen and oxygen atoms in total. The molecule has 0 atom stereocenters. The smallest absolute Gasteiger partial charge is 0.133 e. The Bertz CT molecular complexity index is 372. The van der Waals surface area contributed by atoms with Crippen molar-refractivity contribution in [2.45, 2.75) is 38.3 Å². The Balaban J connectivity index is 1.67. The average molecular weight is 237 g/mol. The van der Waals surface area contributed by atoms with Crippen molar-refractivity contribution in [3.05, 3.63) is 29.0 Å². The zero-order chi connectivity index (χ0) is 11.0. The minimum atomic E-state index is 0.670. The maximum Gasteiger partial charge on any atom is 0.133 e. The molecule has 0 saturated heterocycles. The summed E-state index contributed by atoms with van der Waals surface area (Å²) in [6.07, 6.45) is 7.33. The summed E-state index contributed by atoms with van der Waals surface area (Å²) in [7, 11) is 0. The highest BCUT2D eigenvalue weighted by Gasteiger charge is 2.33. The molecule has 0 unspecified atom stereocenters. The molecule has 0 N–H and O–H groups in total. The second-order valence-corrected chi connectivity index (χ2v) is 5.42. The molecule has 3 rings (SSSR count). The topological polar surface area (TPSA) is 16.1 Å². The van der Waals surface area contributed by atoms with E-state index < -0.39 is 0 Å². The number of hydrogen-bond acceptors (Lipinski definition) is 2.